The van der Waals surface area contributed by atoms with Gasteiger partial charge >= 0.3 is 0 Å². The SMILES string of the molecule is C=Cc1ccc(CCC(=O)[O-])cc1. The molecule has 0 N–H and O–H groups in total. The topological polar surface area (TPSA) is 40.1 Å². The smallest absolute Gasteiger partial charge is 0.0417 e. The maximum absolute atomic E-state index is 10.2. The second-order valence-electron chi connectivity index (χ2n) is 2.82. The van der Waals surface area contributed by atoms with Gasteiger partial charge in [-0.3, -0.25) is 0 Å². The van der Waals surface area contributed by atoms with Crippen LogP contribution in [-0.2, 0) is 11.2 Å². The minimum atomic E-state index is -1.01. The summed E-state index contributed by atoms with van der Waals surface area (Å²) in [6, 6.07) is 7.63. The summed E-state index contributed by atoms with van der Waals surface area (Å²) in [5.74, 6) is -1.01. The molecule has 2 nitrogen and oxygen atoms in total. The highest BCUT2D eigenvalue weighted by molar-refractivity contribution is 5.64. The van der Waals surface area contributed by atoms with E-state index in [1.807, 2.05) is 24.3 Å². The number of aryl methyl sites for hydroxylation is 1. The van der Waals surface area contributed by atoms with Gasteiger partial charge in [-0.2, -0.15) is 0 Å². The number of carbonyl (C=O) groups is 1. The number of aliphatic carboxylic acids is 1. The number of carboxylic acid groups (broad SMARTS) is 1. The molecule has 0 spiro atoms. The van der Waals surface area contributed by atoms with Gasteiger partial charge in [-0.1, -0.05) is 36.9 Å². The van der Waals surface area contributed by atoms with Crippen molar-refractivity contribution < 1.29 is 9.90 Å². The molecule has 0 heterocycles. The van der Waals surface area contributed by atoms with Crippen LogP contribution in [0.3, 0.4) is 0 Å². The molecule has 1 aromatic carbocycles. The Bertz CT molecular complexity index is 298. The van der Waals surface area contributed by atoms with Crippen LogP contribution in [-0.4, -0.2) is 5.97 Å². The lowest BCUT2D eigenvalue weighted by atomic mass is 10.1. The molecule has 1 rings (SSSR count). The van der Waals surface area contributed by atoms with Gasteiger partial charge in [0.15, 0.2) is 0 Å². The van der Waals surface area contributed by atoms with Gasteiger partial charge in [0.05, 0.1) is 0 Å². The van der Waals surface area contributed by atoms with E-state index in [0.717, 1.165) is 11.1 Å². The first kappa shape index (κ1) is 9.52. The van der Waals surface area contributed by atoms with Gasteiger partial charge in [-0.25, -0.2) is 0 Å². The molecular formula is C11H11O2-. The zero-order valence-electron chi connectivity index (χ0n) is 7.32. The third-order valence-corrected chi connectivity index (χ3v) is 1.83. The number of rotatable bonds is 4. The van der Waals surface area contributed by atoms with E-state index in [2.05, 4.69) is 6.58 Å². The molecule has 0 atom stereocenters. The van der Waals surface area contributed by atoms with Gasteiger partial charge in [0, 0.05) is 5.97 Å². The first-order valence-electron chi connectivity index (χ1n) is 4.13. The van der Waals surface area contributed by atoms with E-state index in [9.17, 15) is 9.90 Å². The average molecular weight is 175 g/mol. The molecule has 0 saturated heterocycles. The monoisotopic (exact) mass is 175 g/mol. The fourth-order valence-electron chi connectivity index (χ4n) is 1.07. The molecule has 0 amide bonds. The van der Waals surface area contributed by atoms with Gasteiger partial charge in [0.2, 0.25) is 0 Å². The number of carbonyl (C=O) groups excluding carboxylic acids is 1. The molecule has 0 aliphatic carbocycles. The summed E-state index contributed by atoms with van der Waals surface area (Å²) in [5, 5.41) is 10.2. The second-order valence-corrected chi connectivity index (χ2v) is 2.82. The van der Waals surface area contributed by atoms with E-state index in [4.69, 9.17) is 0 Å². The summed E-state index contributed by atoms with van der Waals surface area (Å²) in [6.07, 6.45) is 2.36. The van der Waals surface area contributed by atoms with Gasteiger partial charge in [-0.15, -0.1) is 0 Å². The van der Waals surface area contributed by atoms with Crippen LogP contribution < -0.4 is 5.11 Å². The van der Waals surface area contributed by atoms with E-state index in [-0.39, 0.29) is 6.42 Å². The Morgan fingerprint density at radius 3 is 2.46 bits per heavy atom. The zero-order valence-corrected chi connectivity index (χ0v) is 7.32. The van der Waals surface area contributed by atoms with Crippen molar-refractivity contribution in [3.63, 3.8) is 0 Å². The molecule has 0 saturated carbocycles. The summed E-state index contributed by atoms with van der Waals surface area (Å²) in [6.45, 7) is 3.63. The second kappa shape index (κ2) is 4.45. The summed E-state index contributed by atoms with van der Waals surface area (Å²) in [5.41, 5.74) is 2.05. The zero-order chi connectivity index (χ0) is 9.68. The minimum absolute atomic E-state index is 0.0768. The number of carboxylic acids is 1. The molecule has 2 heteroatoms. The fraction of sp³-hybridized carbons (Fsp3) is 0.182. The molecule has 0 aliphatic rings. The number of benzene rings is 1. The Kier molecular flexibility index (Phi) is 3.26. The van der Waals surface area contributed by atoms with E-state index in [1.54, 1.807) is 6.08 Å². The third kappa shape index (κ3) is 3.11. The minimum Gasteiger partial charge on any atom is -0.550 e. The molecule has 1 aromatic rings. The maximum atomic E-state index is 10.2. The molecule has 0 aliphatic heterocycles. The van der Waals surface area contributed by atoms with Crippen LogP contribution in [0.15, 0.2) is 30.8 Å². The Labute approximate surface area is 77.5 Å². The van der Waals surface area contributed by atoms with Crippen LogP contribution in [0.4, 0.5) is 0 Å². The van der Waals surface area contributed by atoms with Crippen molar-refractivity contribution in [1.82, 2.24) is 0 Å². The highest BCUT2D eigenvalue weighted by atomic mass is 16.4. The summed E-state index contributed by atoms with van der Waals surface area (Å²) >= 11 is 0. The molecule has 0 radical (unpaired) electrons. The van der Waals surface area contributed by atoms with E-state index < -0.39 is 5.97 Å². The van der Waals surface area contributed by atoms with Gasteiger partial charge in [-0.05, 0) is 24.0 Å². The number of hydrogen-bond donors (Lipinski definition) is 0. The molecule has 0 unspecified atom stereocenters. The van der Waals surface area contributed by atoms with E-state index in [1.165, 1.54) is 0 Å². The quantitative estimate of drug-likeness (QED) is 0.685. The Balaban J connectivity index is 2.59. The van der Waals surface area contributed by atoms with Crippen LogP contribution in [0.25, 0.3) is 6.08 Å². The van der Waals surface area contributed by atoms with Crippen molar-refractivity contribution in [2.75, 3.05) is 0 Å². The lowest BCUT2D eigenvalue weighted by molar-refractivity contribution is -0.305. The van der Waals surface area contributed by atoms with Crippen LogP contribution in [0.5, 0.6) is 0 Å². The molecule has 13 heavy (non-hydrogen) atoms. The maximum Gasteiger partial charge on any atom is 0.0417 e. The molecule has 0 aromatic heterocycles. The molecular weight excluding hydrogens is 164 g/mol. The molecule has 68 valence electrons. The average Bonchev–Trinajstić information content (AvgIpc) is 2.15. The Hall–Kier alpha value is -1.57. The summed E-state index contributed by atoms with van der Waals surface area (Å²) in [4.78, 5) is 10.2. The predicted octanol–water partition coefficient (Wildman–Crippen LogP) is 1.01. The highest BCUT2D eigenvalue weighted by Gasteiger charge is 1.92. The Morgan fingerprint density at radius 2 is 2.00 bits per heavy atom. The van der Waals surface area contributed by atoms with Crippen molar-refractivity contribution in [1.29, 1.82) is 0 Å². The van der Waals surface area contributed by atoms with Gasteiger partial charge in [0.1, 0.15) is 0 Å². The van der Waals surface area contributed by atoms with E-state index >= 15 is 0 Å². The van der Waals surface area contributed by atoms with Crippen LogP contribution >= 0.6 is 0 Å². The third-order valence-electron chi connectivity index (χ3n) is 1.83. The molecule has 0 fully saturated rings. The lowest BCUT2D eigenvalue weighted by Gasteiger charge is -2.02. The normalized spacial score (nSPS) is 9.54. The summed E-state index contributed by atoms with van der Waals surface area (Å²) < 4.78 is 0. The van der Waals surface area contributed by atoms with Crippen molar-refractivity contribution in [3.05, 3.63) is 42.0 Å². The van der Waals surface area contributed by atoms with E-state index in [0.29, 0.717) is 6.42 Å². The van der Waals surface area contributed by atoms with Crippen LogP contribution in [0.2, 0.25) is 0 Å². The van der Waals surface area contributed by atoms with Gasteiger partial charge in [0.25, 0.3) is 0 Å². The highest BCUT2D eigenvalue weighted by Crippen LogP contribution is 2.07. The first-order valence-corrected chi connectivity index (χ1v) is 4.13. The number of hydrogen-bond acceptors (Lipinski definition) is 2. The van der Waals surface area contributed by atoms with Crippen molar-refractivity contribution in [2.24, 2.45) is 0 Å². The fourth-order valence-corrected chi connectivity index (χ4v) is 1.07. The molecule has 0 bridgehead atoms. The van der Waals surface area contributed by atoms with Crippen molar-refractivity contribution in [3.8, 4) is 0 Å². The summed E-state index contributed by atoms with van der Waals surface area (Å²) in [7, 11) is 0. The standard InChI is InChI=1S/C11H12O2/c1-2-9-3-5-10(6-4-9)7-8-11(12)13/h2-6H,1,7-8H2,(H,12,13)/p-1. The largest absolute Gasteiger partial charge is 0.550 e. The van der Waals surface area contributed by atoms with Crippen LogP contribution in [0.1, 0.15) is 17.5 Å². The van der Waals surface area contributed by atoms with Crippen LogP contribution in [0, 0.1) is 0 Å². The lowest BCUT2D eigenvalue weighted by Crippen LogP contribution is -2.22. The van der Waals surface area contributed by atoms with Gasteiger partial charge < -0.3 is 9.90 Å². The predicted molar refractivity (Wildman–Crippen MR) is 49.9 cm³/mol. The van der Waals surface area contributed by atoms with Crippen molar-refractivity contribution in [2.45, 2.75) is 12.8 Å². The van der Waals surface area contributed by atoms with Crippen molar-refractivity contribution >= 4 is 12.0 Å². The first-order chi connectivity index (χ1) is 6.22. The Morgan fingerprint density at radius 1 is 1.38 bits per heavy atom.